The summed E-state index contributed by atoms with van der Waals surface area (Å²) < 4.78 is 0. The fourth-order valence-electron chi connectivity index (χ4n) is 4.29. The van der Waals surface area contributed by atoms with Crippen LogP contribution in [-0.4, -0.2) is 47.9 Å². The number of carbonyl (C=O) groups is 2. The van der Waals surface area contributed by atoms with Gasteiger partial charge in [-0.1, -0.05) is 12.8 Å². The van der Waals surface area contributed by atoms with Crippen LogP contribution in [0.5, 0.6) is 0 Å². The number of urea groups is 1. The molecule has 3 aliphatic heterocycles. The minimum Gasteiger partial charge on any atom is -0.367 e. The minimum atomic E-state index is -0.0151. The molecule has 0 bridgehead atoms. The first-order valence-electron chi connectivity index (χ1n) is 10.8. The van der Waals surface area contributed by atoms with Crippen LogP contribution in [0.3, 0.4) is 0 Å². The van der Waals surface area contributed by atoms with E-state index in [1.165, 1.54) is 19.3 Å². The summed E-state index contributed by atoms with van der Waals surface area (Å²) in [5.74, 6) is 1.80. The third-order valence-corrected chi connectivity index (χ3v) is 6.33. The Kier molecular flexibility index (Phi) is 6.03. The normalized spacial score (nSPS) is 21.7. The third-order valence-electron chi connectivity index (χ3n) is 6.33. The van der Waals surface area contributed by atoms with Gasteiger partial charge in [0, 0.05) is 44.7 Å². The molecule has 28 heavy (non-hydrogen) atoms. The molecule has 152 valence electrons. The summed E-state index contributed by atoms with van der Waals surface area (Å²) in [5, 5.41) is 6.10. The van der Waals surface area contributed by atoms with Crippen LogP contribution in [-0.2, 0) is 4.79 Å². The zero-order valence-electron chi connectivity index (χ0n) is 16.7. The van der Waals surface area contributed by atoms with Gasteiger partial charge in [0.25, 0.3) is 0 Å². The summed E-state index contributed by atoms with van der Waals surface area (Å²) in [6, 6.07) is -0.0151. The van der Waals surface area contributed by atoms with Crippen LogP contribution in [0.4, 0.5) is 4.79 Å². The van der Waals surface area contributed by atoms with Gasteiger partial charge in [-0.15, -0.1) is 0 Å². The van der Waals surface area contributed by atoms with E-state index in [4.69, 9.17) is 0 Å². The van der Waals surface area contributed by atoms with Crippen LogP contribution >= 0.6 is 0 Å². The summed E-state index contributed by atoms with van der Waals surface area (Å²) in [7, 11) is 0. The second-order valence-corrected chi connectivity index (χ2v) is 8.58. The molecule has 3 heterocycles. The Bertz CT molecular complexity index is 685. The number of allylic oxidation sites excluding steroid dienone is 1. The molecule has 1 aliphatic carbocycles. The van der Waals surface area contributed by atoms with Crippen LogP contribution in [0.2, 0.25) is 0 Å². The zero-order chi connectivity index (χ0) is 19.3. The molecule has 2 fully saturated rings. The Morgan fingerprint density at radius 2 is 1.93 bits per heavy atom. The van der Waals surface area contributed by atoms with E-state index in [9.17, 15) is 9.59 Å². The zero-order valence-corrected chi connectivity index (χ0v) is 16.7. The van der Waals surface area contributed by atoms with Gasteiger partial charge in [0.1, 0.15) is 0 Å². The average molecular weight is 385 g/mol. The van der Waals surface area contributed by atoms with Crippen molar-refractivity contribution in [1.82, 2.24) is 20.4 Å². The van der Waals surface area contributed by atoms with Gasteiger partial charge in [-0.05, 0) is 61.2 Å². The number of nitrogens with one attached hydrogen (secondary N) is 2. The Labute approximate surface area is 167 Å². The number of carbonyl (C=O) groups excluding carboxylic acids is 2. The van der Waals surface area contributed by atoms with E-state index in [2.05, 4.69) is 15.5 Å². The maximum Gasteiger partial charge on any atom is 0.321 e. The highest BCUT2D eigenvalue weighted by molar-refractivity contribution is 5.77. The van der Waals surface area contributed by atoms with Crippen molar-refractivity contribution in [3.05, 3.63) is 35.8 Å². The van der Waals surface area contributed by atoms with Crippen molar-refractivity contribution in [2.75, 3.05) is 26.2 Å². The standard InChI is InChI=1S/C22H32N4O2/c27-21(13-18-4-5-18)25-11-7-17(8-12-25)3-1-2-9-24-22(28)26-15-19-6-10-23-14-20(19)16-26/h6,10,14-15,17-18,23H,1-5,7-9,11-13,16H2,(H,24,28). The van der Waals surface area contributed by atoms with E-state index in [1.807, 2.05) is 24.7 Å². The summed E-state index contributed by atoms with van der Waals surface area (Å²) in [4.78, 5) is 28.3. The molecule has 0 aromatic heterocycles. The number of dihydropyridines is 1. The number of rotatable bonds is 7. The topological polar surface area (TPSA) is 64.7 Å². The fraction of sp³-hybridized carbons (Fsp3) is 0.636. The average Bonchev–Trinajstić information content (AvgIpc) is 3.42. The number of amides is 3. The minimum absolute atomic E-state index is 0.0151. The number of unbranched alkanes of at least 4 members (excludes halogenated alkanes) is 1. The van der Waals surface area contributed by atoms with Crippen molar-refractivity contribution in [3.8, 4) is 0 Å². The highest BCUT2D eigenvalue weighted by Crippen LogP contribution is 2.33. The van der Waals surface area contributed by atoms with Crippen molar-refractivity contribution in [1.29, 1.82) is 0 Å². The van der Waals surface area contributed by atoms with Crippen molar-refractivity contribution in [2.45, 2.75) is 51.4 Å². The lowest BCUT2D eigenvalue weighted by atomic mass is 9.91. The summed E-state index contributed by atoms with van der Waals surface area (Å²) in [6.07, 6.45) is 16.7. The van der Waals surface area contributed by atoms with E-state index in [-0.39, 0.29) is 6.03 Å². The molecule has 0 atom stereocenters. The predicted molar refractivity (Wildman–Crippen MR) is 109 cm³/mol. The maximum atomic E-state index is 12.3. The van der Waals surface area contributed by atoms with Crippen molar-refractivity contribution >= 4 is 11.9 Å². The number of nitrogens with zero attached hydrogens (tertiary/aromatic N) is 2. The molecule has 3 amide bonds. The molecule has 1 saturated carbocycles. The first kappa shape index (κ1) is 19.1. The summed E-state index contributed by atoms with van der Waals surface area (Å²) >= 11 is 0. The molecule has 6 nitrogen and oxygen atoms in total. The highest BCUT2D eigenvalue weighted by atomic mass is 16.2. The molecule has 0 aromatic rings. The van der Waals surface area contributed by atoms with E-state index < -0.39 is 0 Å². The number of hydrogen-bond acceptors (Lipinski definition) is 3. The lowest BCUT2D eigenvalue weighted by molar-refractivity contribution is -0.133. The molecule has 1 saturated heterocycles. The first-order valence-corrected chi connectivity index (χ1v) is 10.8. The number of fused-ring (bicyclic) bond motifs is 1. The van der Waals surface area contributed by atoms with Crippen LogP contribution in [0.1, 0.15) is 51.4 Å². The van der Waals surface area contributed by atoms with E-state index in [0.29, 0.717) is 18.4 Å². The molecular weight excluding hydrogens is 352 g/mol. The molecular formula is C22H32N4O2. The second-order valence-electron chi connectivity index (χ2n) is 8.58. The van der Waals surface area contributed by atoms with E-state index >= 15 is 0 Å². The number of hydrogen-bond donors (Lipinski definition) is 2. The van der Waals surface area contributed by atoms with Gasteiger partial charge in [0.05, 0.1) is 6.54 Å². The largest absolute Gasteiger partial charge is 0.367 e. The SMILES string of the molecule is O=C(NCCCCC1CCN(C(=O)CC2CC2)CC1)N1C=C2C=CNC=C2C1. The van der Waals surface area contributed by atoms with Gasteiger partial charge in [-0.2, -0.15) is 0 Å². The van der Waals surface area contributed by atoms with Gasteiger partial charge < -0.3 is 15.5 Å². The lowest BCUT2D eigenvalue weighted by Gasteiger charge is -2.32. The molecule has 0 unspecified atom stereocenters. The molecule has 4 rings (SSSR count). The number of likely N-dealkylation sites (tertiary alicyclic amines) is 1. The van der Waals surface area contributed by atoms with Gasteiger partial charge in [0.15, 0.2) is 0 Å². The van der Waals surface area contributed by atoms with Crippen LogP contribution < -0.4 is 10.6 Å². The van der Waals surface area contributed by atoms with Gasteiger partial charge in [-0.25, -0.2) is 4.79 Å². The third kappa shape index (κ3) is 4.97. The molecule has 0 aromatic carbocycles. The fourth-order valence-corrected chi connectivity index (χ4v) is 4.29. The van der Waals surface area contributed by atoms with Crippen LogP contribution in [0.15, 0.2) is 35.8 Å². The van der Waals surface area contributed by atoms with Gasteiger partial charge in [0.2, 0.25) is 5.91 Å². The predicted octanol–water partition coefficient (Wildman–Crippen LogP) is 3.11. The summed E-state index contributed by atoms with van der Waals surface area (Å²) in [6.45, 7) is 3.24. The molecule has 0 spiro atoms. The Balaban J connectivity index is 1.06. The van der Waals surface area contributed by atoms with Gasteiger partial charge in [-0.3, -0.25) is 9.69 Å². The molecule has 4 aliphatic rings. The van der Waals surface area contributed by atoms with Crippen LogP contribution in [0, 0.1) is 11.8 Å². The van der Waals surface area contributed by atoms with Gasteiger partial charge >= 0.3 is 6.03 Å². The van der Waals surface area contributed by atoms with E-state index in [0.717, 1.165) is 68.8 Å². The highest BCUT2D eigenvalue weighted by Gasteiger charge is 2.29. The quantitative estimate of drug-likeness (QED) is 0.663. The van der Waals surface area contributed by atoms with Crippen molar-refractivity contribution in [3.63, 3.8) is 0 Å². The number of piperidine rings is 1. The van der Waals surface area contributed by atoms with Crippen LogP contribution in [0.25, 0.3) is 0 Å². The van der Waals surface area contributed by atoms with Crippen molar-refractivity contribution in [2.24, 2.45) is 11.8 Å². The van der Waals surface area contributed by atoms with E-state index in [1.54, 1.807) is 4.90 Å². The second kappa shape index (κ2) is 8.84. The molecule has 2 N–H and O–H groups in total. The maximum absolute atomic E-state index is 12.3. The Hall–Kier alpha value is -2.24. The Morgan fingerprint density at radius 1 is 1.11 bits per heavy atom. The summed E-state index contributed by atoms with van der Waals surface area (Å²) in [5.41, 5.74) is 2.26. The Morgan fingerprint density at radius 3 is 2.68 bits per heavy atom. The smallest absolute Gasteiger partial charge is 0.321 e. The molecule has 6 heteroatoms. The monoisotopic (exact) mass is 384 g/mol. The van der Waals surface area contributed by atoms with Crippen molar-refractivity contribution < 1.29 is 9.59 Å². The lowest BCUT2D eigenvalue weighted by Crippen LogP contribution is -2.38. The molecule has 0 radical (unpaired) electrons. The first-order chi connectivity index (χ1) is 13.7.